The lowest BCUT2D eigenvalue weighted by atomic mass is 9.85. The topological polar surface area (TPSA) is 13.1 Å². The molecule has 5 rings (SSSR count). The van der Waals surface area contributed by atoms with Crippen molar-refractivity contribution in [3.05, 3.63) is 64.8 Å². The van der Waals surface area contributed by atoms with Gasteiger partial charge in [0.25, 0.3) is 0 Å². The molecule has 0 saturated carbocycles. The minimum atomic E-state index is 0.458. The van der Waals surface area contributed by atoms with E-state index in [-0.39, 0.29) is 0 Å². The molecule has 2 heteroatoms. The summed E-state index contributed by atoms with van der Waals surface area (Å²) in [6.45, 7) is 13.5. The fourth-order valence-corrected chi connectivity index (χ4v) is 5.11. The lowest BCUT2D eigenvalue weighted by Gasteiger charge is -2.26. The predicted molar refractivity (Wildman–Crippen MR) is 126 cm³/mol. The molecule has 0 saturated heterocycles. The molecule has 0 spiro atoms. The summed E-state index contributed by atoms with van der Waals surface area (Å²) in [5.41, 5.74) is 7.75. The highest BCUT2D eigenvalue weighted by Gasteiger charge is 2.32. The van der Waals surface area contributed by atoms with E-state index in [0.717, 1.165) is 11.5 Å². The standard InChI is InChI=1S/C28H30NO/c1-15(2)20-13-19-11-12-29(7)27-25-17(5)22-10-8-9-21(16(3)4)24(22)18(6)28(25)30-23(14-20)26(19)27/h8-16H,1-7H3/q+1. The molecule has 1 aliphatic heterocycles. The maximum absolute atomic E-state index is 6.74. The molecule has 0 radical (unpaired) electrons. The van der Waals surface area contributed by atoms with Crippen molar-refractivity contribution in [3.8, 4) is 22.8 Å². The fraction of sp³-hybridized carbons (Fsp3) is 0.321. The zero-order valence-electron chi connectivity index (χ0n) is 19.1. The van der Waals surface area contributed by atoms with Gasteiger partial charge in [0, 0.05) is 11.6 Å². The average Bonchev–Trinajstić information content (AvgIpc) is 2.72. The van der Waals surface area contributed by atoms with Crippen molar-refractivity contribution in [3.63, 3.8) is 0 Å². The van der Waals surface area contributed by atoms with E-state index < -0.39 is 0 Å². The number of rotatable bonds is 2. The maximum Gasteiger partial charge on any atom is 0.228 e. The second kappa shape index (κ2) is 6.57. The van der Waals surface area contributed by atoms with Crippen LogP contribution in [0.2, 0.25) is 0 Å². The number of fused-ring (bicyclic) bond motifs is 3. The minimum absolute atomic E-state index is 0.458. The summed E-state index contributed by atoms with van der Waals surface area (Å²) in [4.78, 5) is 0. The molecule has 4 aromatic rings. The van der Waals surface area contributed by atoms with Crippen molar-refractivity contribution in [1.29, 1.82) is 0 Å². The summed E-state index contributed by atoms with van der Waals surface area (Å²) in [5.74, 6) is 2.93. The Morgan fingerprint density at radius 1 is 0.867 bits per heavy atom. The maximum atomic E-state index is 6.74. The molecule has 0 atom stereocenters. The highest BCUT2D eigenvalue weighted by molar-refractivity contribution is 6.07. The molecule has 0 fully saturated rings. The Hall–Kier alpha value is -2.87. The molecule has 0 aliphatic carbocycles. The lowest BCUT2D eigenvalue weighted by Crippen LogP contribution is -2.32. The quantitative estimate of drug-likeness (QED) is 0.282. The molecule has 1 aromatic heterocycles. The van der Waals surface area contributed by atoms with Crippen LogP contribution in [-0.2, 0) is 7.05 Å². The first-order valence-corrected chi connectivity index (χ1v) is 11.0. The number of benzene rings is 3. The Morgan fingerprint density at radius 2 is 1.63 bits per heavy atom. The van der Waals surface area contributed by atoms with Crippen LogP contribution in [0, 0.1) is 13.8 Å². The van der Waals surface area contributed by atoms with E-state index in [4.69, 9.17) is 4.74 Å². The molecule has 0 N–H and O–H groups in total. The molecule has 30 heavy (non-hydrogen) atoms. The van der Waals surface area contributed by atoms with Gasteiger partial charge in [0.2, 0.25) is 5.69 Å². The number of aryl methyl sites for hydroxylation is 3. The number of hydrogen-bond donors (Lipinski definition) is 0. The van der Waals surface area contributed by atoms with Gasteiger partial charge in [-0.05, 0) is 64.6 Å². The van der Waals surface area contributed by atoms with Gasteiger partial charge >= 0.3 is 0 Å². The van der Waals surface area contributed by atoms with Crippen LogP contribution in [0.25, 0.3) is 32.8 Å². The summed E-state index contributed by atoms with van der Waals surface area (Å²) < 4.78 is 8.99. The Bertz CT molecular complexity index is 1340. The SMILES string of the molecule is Cc1c2c(c(C)c3c(C(C)C)cccc13)Oc1cc(C(C)C)cc3cc[n+](C)c-2c13. The summed E-state index contributed by atoms with van der Waals surface area (Å²) in [6, 6.07) is 13.5. The van der Waals surface area contributed by atoms with Crippen LogP contribution in [0.3, 0.4) is 0 Å². The average molecular weight is 397 g/mol. The monoisotopic (exact) mass is 396 g/mol. The van der Waals surface area contributed by atoms with Crippen molar-refractivity contribution >= 4 is 21.5 Å². The second-order valence-corrected chi connectivity index (χ2v) is 9.39. The van der Waals surface area contributed by atoms with Crippen molar-refractivity contribution < 1.29 is 9.30 Å². The van der Waals surface area contributed by atoms with E-state index in [2.05, 4.69) is 95.8 Å². The number of ether oxygens (including phenoxy) is 1. The molecule has 0 bridgehead atoms. The van der Waals surface area contributed by atoms with Crippen LogP contribution in [0.5, 0.6) is 11.5 Å². The number of aromatic nitrogens is 1. The van der Waals surface area contributed by atoms with E-state index >= 15 is 0 Å². The van der Waals surface area contributed by atoms with Crippen LogP contribution in [0.4, 0.5) is 0 Å². The van der Waals surface area contributed by atoms with Gasteiger partial charge in [-0.2, -0.15) is 0 Å². The van der Waals surface area contributed by atoms with E-state index in [0.29, 0.717) is 11.8 Å². The molecular weight excluding hydrogens is 366 g/mol. The minimum Gasteiger partial charge on any atom is -0.455 e. The normalized spacial score (nSPS) is 12.7. The molecule has 0 amide bonds. The first-order valence-electron chi connectivity index (χ1n) is 11.0. The Labute approximate surface area is 179 Å². The number of nitrogens with zero attached hydrogens (tertiary/aromatic N) is 1. The molecule has 152 valence electrons. The van der Waals surface area contributed by atoms with Crippen LogP contribution in [0.1, 0.15) is 61.8 Å². The Balaban J connectivity index is 1.97. The number of pyridine rings is 1. The summed E-state index contributed by atoms with van der Waals surface area (Å²) in [6.07, 6.45) is 2.18. The van der Waals surface area contributed by atoms with Gasteiger partial charge in [-0.1, -0.05) is 52.0 Å². The van der Waals surface area contributed by atoms with Gasteiger partial charge < -0.3 is 4.74 Å². The zero-order chi connectivity index (χ0) is 21.3. The van der Waals surface area contributed by atoms with E-state index in [1.165, 1.54) is 55.1 Å². The smallest absolute Gasteiger partial charge is 0.228 e. The Kier molecular flexibility index (Phi) is 4.18. The molecule has 1 aliphatic rings. The van der Waals surface area contributed by atoms with Gasteiger partial charge in [-0.15, -0.1) is 0 Å². The Morgan fingerprint density at radius 3 is 2.33 bits per heavy atom. The van der Waals surface area contributed by atoms with Crippen molar-refractivity contribution in [2.24, 2.45) is 7.05 Å². The van der Waals surface area contributed by atoms with E-state index in [9.17, 15) is 0 Å². The van der Waals surface area contributed by atoms with E-state index in [1.54, 1.807) is 0 Å². The van der Waals surface area contributed by atoms with Gasteiger partial charge in [0.1, 0.15) is 18.5 Å². The number of hydrogen-bond acceptors (Lipinski definition) is 1. The third kappa shape index (κ3) is 2.52. The van der Waals surface area contributed by atoms with Crippen molar-refractivity contribution in [2.75, 3.05) is 0 Å². The van der Waals surface area contributed by atoms with E-state index in [1.807, 2.05) is 0 Å². The summed E-state index contributed by atoms with van der Waals surface area (Å²) in [5, 5.41) is 5.16. The predicted octanol–water partition coefficient (Wildman–Crippen LogP) is 7.45. The summed E-state index contributed by atoms with van der Waals surface area (Å²) >= 11 is 0. The molecule has 2 nitrogen and oxygen atoms in total. The van der Waals surface area contributed by atoms with Crippen LogP contribution in [0.15, 0.2) is 42.6 Å². The highest BCUT2D eigenvalue weighted by Crippen LogP contribution is 2.51. The van der Waals surface area contributed by atoms with Gasteiger partial charge in [-0.25, -0.2) is 4.57 Å². The largest absolute Gasteiger partial charge is 0.455 e. The summed E-state index contributed by atoms with van der Waals surface area (Å²) in [7, 11) is 2.15. The van der Waals surface area contributed by atoms with Crippen LogP contribution in [-0.4, -0.2) is 0 Å². The zero-order valence-corrected chi connectivity index (χ0v) is 19.1. The van der Waals surface area contributed by atoms with Gasteiger partial charge in [-0.3, -0.25) is 0 Å². The van der Waals surface area contributed by atoms with Gasteiger partial charge in [0.05, 0.1) is 10.9 Å². The van der Waals surface area contributed by atoms with Crippen molar-refractivity contribution in [2.45, 2.75) is 53.4 Å². The molecule has 2 heterocycles. The molecule has 0 unspecified atom stereocenters. The van der Waals surface area contributed by atoms with Crippen LogP contribution >= 0.6 is 0 Å². The first-order chi connectivity index (χ1) is 14.3. The first kappa shape index (κ1) is 19.1. The second-order valence-electron chi connectivity index (χ2n) is 9.39. The third-order valence-corrected chi connectivity index (χ3v) is 6.78. The molecular formula is C28H30NO+. The van der Waals surface area contributed by atoms with Crippen molar-refractivity contribution in [1.82, 2.24) is 0 Å². The fourth-order valence-electron chi connectivity index (χ4n) is 5.11. The van der Waals surface area contributed by atoms with Crippen LogP contribution < -0.4 is 9.30 Å². The third-order valence-electron chi connectivity index (χ3n) is 6.78. The van der Waals surface area contributed by atoms with Gasteiger partial charge in [0.15, 0.2) is 6.20 Å². The lowest BCUT2D eigenvalue weighted by molar-refractivity contribution is -0.659. The molecule has 3 aromatic carbocycles. The highest BCUT2D eigenvalue weighted by atomic mass is 16.5.